The molecule has 0 fully saturated rings. The van der Waals surface area contributed by atoms with Crippen molar-refractivity contribution >= 4 is 21.7 Å². The van der Waals surface area contributed by atoms with Gasteiger partial charge in [0.2, 0.25) is 0 Å². The van der Waals surface area contributed by atoms with Crippen LogP contribution in [0.3, 0.4) is 0 Å². The van der Waals surface area contributed by atoms with E-state index in [0.29, 0.717) is 0 Å². The van der Waals surface area contributed by atoms with E-state index in [0.717, 1.165) is 3.97 Å². The second-order valence-corrected chi connectivity index (χ2v) is 5.69. The van der Waals surface area contributed by atoms with Crippen molar-refractivity contribution in [1.82, 2.24) is 3.97 Å². The number of nitrogens with zero attached hydrogens (tertiary/aromatic N) is 1. The van der Waals surface area contributed by atoms with Gasteiger partial charge in [0.05, 0.1) is 12.1 Å². The molecule has 1 aromatic carbocycles. The number of aromatic nitrogens is 1. The molecule has 6 nitrogen and oxygen atoms in total. The van der Waals surface area contributed by atoms with Crippen LogP contribution in [0.4, 0.5) is 5.69 Å². The van der Waals surface area contributed by atoms with E-state index >= 15 is 0 Å². The summed E-state index contributed by atoms with van der Waals surface area (Å²) in [6.45, 7) is 0. The first-order valence-corrected chi connectivity index (χ1v) is 6.85. The summed E-state index contributed by atoms with van der Waals surface area (Å²) >= 11 is 0. The number of anilines is 1. The van der Waals surface area contributed by atoms with Crippen molar-refractivity contribution in [2.24, 2.45) is 0 Å². The van der Waals surface area contributed by atoms with Gasteiger partial charge in [-0.25, -0.2) is 12.4 Å². The molecule has 0 aliphatic carbocycles. The van der Waals surface area contributed by atoms with Crippen molar-refractivity contribution in [3.63, 3.8) is 0 Å². The highest BCUT2D eigenvalue weighted by atomic mass is 32.2. The minimum Gasteiger partial charge on any atom is -0.481 e. The Kier molecular flexibility index (Phi) is 3.30. The lowest BCUT2D eigenvalue weighted by Gasteiger charge is -2.11. The van der Waals surface area contributed by atoms with Gasteiger partial charge < -0.3 is 10.8 Å². The Hall–Kier alpha value is -2.28. The summed E-state index contributed by atoms with van der Waals surface area (Å²) in [5.74, 6) is -1.10. The van der Waals surface area contributed by atoms with E-state index in [2.05, 4.69) is 0 Å². The predicted molar refractivity (Wildman–Crippen MR) is 69.2 cm³/mol. The molecule has 0 amide bonds. The lowest BCUT2D eigenvalue weighted by Crippen LogP contribution is -2.18. The highest BCUT2D eigenvalue weighted by molar-refractivity contribution is 7.90. The third kappa shape index (κ3) is 2.45. The molecule has 0 saturated carbocycles. The van der Waals surface area contributed by atoms with E-state index in [-0.39, 0.29) is 22.7 Å². The first-order valence-electron chi connectivity index (χ1n) is 5.41. The Balaban J connectivity index is 2.55. The minimum absolute atomic E-state index is 0.0437. The zero-order valence-electron chi connectivity index (χ0n) is 9.85. The van der Waals surface area contributed by atoms with Gasteiger partial charge in [0.1, 0.15) is 4.90 Å². The van der Waals surface area contributed by atoms with Gasteiger partial charge in [-0.15, -0.1) is 0 Å². The first-order chi connectivity index (χ1) is 8.93. The van der Waals surface area contributed by atoms with Crippen molar-refractivity contribution in [2.75, 3.05) is 5.73 Å². The van der Waals surface area contributed by atoms with E-state index < -0.39 is 16.0 Å². The molecular formula is C12H12N2O4S. The maximum atomic E-state index is 12.4. The summed E-state index contributed by atoms with van der Waals surface area (Å²) in [5.41, 5.74) is 5.95. The molecule has 0 spiro atoms. The number of benzene rings is 1. The molecule has 3 N–H and O–H groups in total. The van der Waals surface area contributed by atoms with Crippen LogP contribution in [0.25, 0.3) is 0 Å². The molecular weight excluding hydrogens is 268 g/mol. The van der Waals surface area contributed by atoms with Gasteiger partial charge in [0.25, 0.3) is 10.0 Å². The molecule has 7 heteroatoms. The van der Waals surface area contributed by atoms with Crippen molar-refractivity contribution in [2.45, 2.75) is 11.3 Å². The smallest absolute Gasteiger partial charge is 0.309 e. The molecule has 0 aliphatic rings. The van der Waals surface area contributed by atoms with Crippen molar-refractivity contribution in [3.8, 4) is 0 Å². The van der Waals surface area contributed by atoms with Crippen LogP contribution >= 0.6 is 0 Å². The lowest BCUT2D eigenvalue weighted by molar-refractivity contribution is -0.136. The van der Waals surface area contributed by atoms with Crippen LogP contribution in [0.1, 0.15) is 5.69 Å². The summed E-state index contributed by atoms with van der Waals surface area (Å²) in [6.07, 6.45) is 0.930. The molecule has 19 heavy (non-hydrogen) atoms. The fourth-order valence-electron chi connectivity index (χ4n) is 1.75. The average molecular weight is 280 g/mol. The molecule has 0 saturated heterocycles. The third-order valence-corrected chi connectivity index (χ3v) is 4.38. The van der Waals surface area contributed by atoms with E-state index in [4.69, 9.17) is 10.8 Å². The number of hydrogen-bond acceptors (Lipinski definition) is 4. The van der Waals surface area contributed by atoms with Crippen molar-refractivity contribution in [1.29, 1.82) is 0 Å². The number of carboxylic acid groups (broad SMARTS) is 1. The van der Waals surface area contributed by atoms with Crippen LogP contribution in [-0.4, -0.2) is 23.5 Å². The SMILES string of the molecule is Nc1ccccc1S(=O)(=O)n1cccc1CC(=O)O. The topological polar surface area (TPSA) is 102 Å². The summed E-state index contributed by atoms with van der Waals surface area (Å²) < 4.78 is 25.8. The predicted octanol–water partition coefficient (Wildman–Crippen LogP) is 0.934. The molecule has 0 radical (unpaired) electrons. The van der Waals surface area contributed by atoms with E-state index in [1.807, 2.05) is 0 Å². The van der Waals surface area contributed by atoms with E-state index in [1.165, 1.54) is 30.5 Å². The zero-order valence-corrected chi connectivity index (χ0v) is 10.7. The lowest BCUT2D eigenvalue weighted by atomic mass is 10.3. The van der Waals surface area contributed by atoms with Crippen molar-refractivity contribution in [3.05, 3.63) is 48.3 Å². The molecule has 0 unspecified atom stereocenters. The molecule has 0 atom stereocenters. The van der Waals surface area contributed by atoms with E-state index in [1.54, 1.807) is 12.1 Å². The average Bonchev–Trinajstić information content (AvgIpc) is 2.77. The van der Waals surface area contributed by atoms with Gasteiger partial charge in [-0.1, -0.05) is 12.1 Å². The second kappa shape index (κ2) is 4.77. The fraction of sp³-hybridized carbons (Fsp3) is 0.0833. The van der Waals surface area contributed by atoms with Gasteiger partial charge in [0, 0.05) is 11.9 Å². The molecule has 2 rings (SSSR count). The van der Waals surface area contributed by atoms with Gasteiger partial charge in [-0.05, 0) is 24.3 Å². The first kappa shape index (κ1) is 13.2. The number of para-hydroxylation sites is 1. The standard InChI is InChI=1S/C12H12N2O4S/c13-10-5-1-2-6-11(10)19(17,18)14-7-3-4-9(14)8-12(15)16/h1-7H,8,13H2,(H,15,16). The summed E-state index contributed by atoms with van der Waals surface area (Å²) in [6, 6.07) is 8.98. The summed E-state index contributed by atoms with van der Waals surface area (Å²) in [7, 11) is -3.87. The number of hydrogen-bond donors (Lipinski definition) is 2. The van der Waals surface area contributed by atoms with Gasteiger partial charge >= 0.3 is 5.97 Å². The molecule has 100 valence electrons. The Morgan fingerprint density at radius 1 is 1.21 bits per heavy atom. The second-order valence-electron chi connectivity index (χ2n) is 3.91. The maximum absolute atomic E-state index is 12.4. The number of nitrogens with two attached hydrogens (primary N) is 1. The summed E-state index contributed by atoms with van der Waals surface area (Å²) in [5, 5.41) is 8.77. The minimum atomic E-state index is -3.87. The highest BCUT2D eigenvalue weighted by Crippen LogP contribution is 2.22. The zero-order chi connectivity index (χ0) is 14.0. The molecule has 2 aromatic rings. The summed E-state index contributed by atoms with van der Waals surface area (Å²) in [4.78, 5) is 10.7. The third-order valence-electron chi connectivity index (χ3n) is 2.58. The number of aliphatic carboxylic acids is 1. The molecule has 1 heterocycles. The Bertz CT molecular complexity index is 719. The van der Waals surface area contributed by atoms with Gasteiger partial charge in [-0.2, -0.15) is 0 Å². The normalized spacial score (nSPS) is 11.4. The fourth-order valence-corrected chi connectivity index (χ4v) is 3.24. The Morgan fingerprint density at radius 3 is 2.53 bits per heavy atom. The van der Waals surface area contributed by atoms with Crippen LogP contribution < -0.4 is 5.73 Å². The highest BCUT2D eigenvalue weighted by Gasteiger charge is 2.22. The van der Waals surface area contributed by atoms with Crippen LogP contribution in [0.15, 0.2) is 47.5 Å². The monoisotopic (exact) mass is 280 g/mol. The Labute approximate surface area is 110 Å². The van der Waals surface area contributed by atoms with Gasteiger partial charge in [0.15, 0.2) is 0 Å². The number of carbonyl (C=O) groups is 1. The largest absolute Gasteiger partial charge is 0.481 e. The van der Waals surface area contributed by atoms with Crippen LogP contribution in [0.5, 0.6) is 0 Å². The van der Waals surface area contributed by atoms with Crippen LogP contribution in [-0.2, 0) is 21.2 Å². The Morgan fingerprint density at radius 2 is 1.89 bits per heavy atom. The number of carboxylic acids is 1. The van der Waals surface area contributed by atoms with Gasteiger partial charge in [-0.3, -0.25) is 4.79 Å². The van der Waals surface area contributed by atoms with E-state index in [9.17, 15) is 13.2 Å². The van der Waals surface area contributed by atoms with Crippen LogP contribution in [0, 0.1) is 0 Å². The number of nitrogen functional groups attached to an aromatic ring is 1. The molecule has 0 aliphatic heterocycles. The van der Waals surface area contributed by atoms with Crippen molar-refractivity contribution < 1.29 is 18.3 Å². The molecule has 1 aromatic heterocycles. The quantitative estimate of drug-likeness (QED) is 0.811. The molecule has 0 bridgehead atoms. The number of rotatable bonds is 4. The van der Waals surface area contributed by atoms with Crippen LogP contribution in [0.2, 0.25) is 0 Å². The maximum Gasteiger partial charge on any atom is 0.309 e.